The van der Waals surface area contributed by atoms with Gasteiger partial charge in [0.05, 0.1) is 17.2 Å². The highest BCUT2D eigenvalue weighted by Gasteiger charge is 2.16. The van der Waals surface area contributed by atoms with Gasteiger partial charge in [0.1, 0.15) is 18.0 Å². The maximum atomic E-state index is 12.9. The molecule has 0 aliphatic rings. The van der Waals surface area contributed by atoms with Crippen LogP contribution in [0.3, 0.4) is 0 Å². The number of ketones is 1. The second kappa shape index (κ2) is 7.62. The number of pyridine rings is 1. The molecule has 0 fully saturated rings. The number of aromatic nitrogens is 6. The number of amides is 1. The zero-order chi connectivity index (χ0) is 22.2. The number of rotatable bonds is 5. The van der Waals surface area contributed by atoms with Crippen molar-refractivity contribution in [3.63, 3.8) is 0 Å². The van der Waals surface area contributed by atoms with Crippen molar-refractivity contribution >= 4 is 28.5 Å². The summed E-state index contributed by atoms with van der Waals surface area (Å²) in [6.07, 6.45) is 8.72. The van der Waals surface area contributed by atoms with Crippen LogP contribution in [-0.2, 0) is 11.8 Å². The first kappa shape index (κ1) is 19.4. The Bertz CT molecular complexity index is 1460. The predicted molar refractivity (Wildman–Crippen MR) is 120 cm³/mol. The molecule has 4 heterocycles. The molecule has 4 aromatic heterocycles. The van der Waals surface area contributed by atoms with E-state index in [1.165, 1.54) is 6.92 Å². The molecule has 9 heteroatoms. The average molecular weight is 425 g/mol. The first-order chi connectivity index (χ1) is 15.5. The van der Waals surface area contributed by atoms with Crippen LogP contribution in [0.15, 0.2) is 67.5 Å². The van der Waals surface area contributed by atoms with Gasteiger partial charge in [-0.15, -0.1) is 0 Å². The van der Waals surface area contributed by atoms with Gasteiger partial charge >= 0.3 is 0 Å². The highest BCUT2D eigenvalue weighted by atomic mass is 16.1. The highest BCUT2D eigenvalue weighted by Crippen LogP contribution is 2.26. The standard InChI is InChI=1S/C23H19N7O2/c1-14(31)27-21-8-17(23(32)16-5-6-24-10-16)9-22(28-21)30-13-25-19-7-15(3-4-20(19)30)18-11-26-29(2)12-18/h3-13,24H,1-2H3,(H,27,28,31). The molecule has 0 aliphatic carbocycles. The van der Waals surface area contributed by atoms with Gasteiger partial charge in [0.2, 0.25) is 5.91 Å². The van der Waals surface area contributed by atoms with Gasteiger partial charge in [-0.3, -0.25) is 18.8 Å². The third-order valence-electron chi connectivity index (χ3n) is 5.07. The molecule has 1 aromatic carbocycles. The minimum Gasteiger partial charge on any atom is -0.367 e. The van der Waals surface area contributed by atoms with E-state index in [2.05, 4.69) is 25.4 Å². The van der Waals surface area contributed by atoms with E-state index in [9.17, 15) is 9.59 Å². The van der Waals surface area contributed by atoms with Gasteiger partial charge in [-0.25, -0.2) is 9.97 Å². The summed E-state index contributed by atoms with van der Waals surface area (Å²) in [5.41, 5.74) is 4.52. The van der Waals surface area contributed by atoms with Crippen molar-refractivity contribution in [3.05, 3.63) is 78.6 Å². The van der Waals surface area contributed by atoms with Crippen LogP contribution in [-0.4, -0.2) is 41.0 Å². The molecule has 1 amide bonds. The number of aryl methyl sites for hydroxylation is 1. The molecule has 9 nitrogen and oxygen atoms in total. The topological polar surface area (TPSA) is 110 Å². The fourth-order valence-electron chi connectivity index (χ4n) is 3.59. The van der Waals surface area contributed by atoms with Crippen LogP contribution in [0.25, 0.3) is 28.0 Å². The summed E-state index contributed by atoms with van der Waals surface area (Å²) in [5.74, 6) is 0.325. The molecular weight excluding hydrogens is 406 g/mol. The van der Waals surface area contributed by atoms with Gasteiger partial charge < -0.3 is 10.3 Å². The Labute approximate surface area is 182 Å². The fourth-order valence-corrected chi connectivity index (χ4v) is 3.59. The number of imidazole rings is 1. The number of hydrogen-bond acceptors (Lipinski definition) is 5. The van der Waals surface area contributed by atoms with Crippen LogP contribution < -0.4 is 5.32 Å². The molecule has 5 rings (SSSR count). The van der Waals surface area contributed by atoms with E-state index in [1.54, 1.807) is 52.4 Å². The Morgan fingerprint density at radius 2 is 1.94 bits per heavy atom. The quantitative estimate of drug-likeness (QED) is 0.420. The number of carbonyl (C=O) groups is 2. The molecule has 0 saturated heterocycles. The minimum atomic E-state index is -0.272. The van der Waals surface area contributed by atoms with E-state index in [1.807, 2.05) is 31.4 Å². The van der Waals surface area contributed by atoms with Crippen LogP contribution in [0.2, 0.25) is 0 Å². The smallest absolute Gasteiger partial charge is 0.222 e. The van der Waals surface area contributed by atoms with Gasteiger partial charge in [0.15, 0.2) is 5.78 Å². The van der Waals surface area contributed by atoms with Crippen LogP contribution in [0.1, 0.15) is 22.8 Å². The SMILES string of the molecule is CC(=O)Nc1cc(C(=O)c2cc[nH]c2)cc(-n2cnc3cc(-c4cnn(C)c4)ccc32)n1. The molecule has 0 spiro atoms. The van der Waals surface area contributed by atoms with Crippen LogP contribution in [0.4, 0.5) is 5.82 Å². The maximum absolute atomic E-state index is 12.9. The van der Waals surface area contributed by atoms with Crippen molar-refractivity contribution in [3.8, 4) is 16.9 Å². The molecule has 0 aliphatic heterocycles. The van der Waals surface area contributed by atoms with Crippen LogP contribution >= 0.6 is 0 Å². The second-order valence-corrected chi connectivity index (χ2v) is 7.43. The lowest BCUT2D eigenvalue weighted by Crippen LogP contribution is -2.11. The van der Waals surface area contributed by atoms with Gasteiger partial charge in [-0.05, 0) is 35.9 Å². The van der Waals surface area contributed by atoms with E-state index < -0.39 is 0 Å². The first-order valence-corrected chi connectivity index (χ1v) is 9.91. The summed E-state index contributed by atoms with van der Waals surface area (Å²) in [5, 5.41) is 6.89. The van der Waals surface area contributed by atoms with Crippen molar-refractivity contribution < 1.29 is 9.59 Å². The lowest BCUT2D eigenvalue weighted by molar-refractivity contribution is -0.114. The molecule has 0 radical (unpaired) electrons. The number of benzene rings is 1. The molecule has 0 atom stereocenters. The van der Waals surface area contributed by atoms with Crippen molar-refractivity contribution in [1.29, 1.82) is 0 Å². The third kappa shape index (κ3) is 3.56. The molecule has 158 valence electrons. The van der Waals surface area contributed by atoms with Crippen molar-refractivity contribution in [1.82, 2.24) is 29.3 Å². The Balaban J connectivity index is 1.60. The number of carbonyl (C=O) groups excluding carboxylic acids is 2. The van der Waals surface area contributed by atoms with E-state index in [0.717, 1.165) is 22.2 Å². The third-order valence-corrected chi connectivity index (χ3v) is 5.07. The highest BCUT2D eigenvalue weighted by molar-refractivity contribution is 6.09. The molecule has 32 heavy (non-hydrogen) atoms. The van der Waals surface area contributed by atoms with E-state index in [-0.39, 0.29) is 11.7 Å². The number of anilines is 1. The molecule has 0 saturated carbocycles. The average Bonchev–Trinajstić information content (AvgIpc) is 3.52. The number of nitrogens with one attached hydrogen (secondary N) is 2. The molecular formula is C23H19N7O2. The summed E-state index contributed by atoms with van der Waals surface area (Å²) >= 11 is 0. The van der Waals surface area contributed by atoms with E-state index >= 15 is 0 Å². The largest absolute Gasteiger partial charge is 0.367 e. The number of H-pyrrole nitrogens is 1. The zero-order valence-corrected chi connectivity index (χ0v) is 17.4. The number of nitrogens with zero attached hydrogens (tertiary/aromatic N) is 5. The summed E-state index contributed by atoms with van der Waals surface area (Å²) in [4.78, 5) is 36.5. The van der Waals surface area contributed by atoms with Gasteiger partial charge in [-0.2, -0.15) is 5.10 Å². The zero-order valence-electron chi connectivity index (χ0n) is 17.4. The summed E-state index contributed by atoms with van der Waals surface area (Å²) in [6, 6.07) is 10.9. The minimum absolute atomic E-state index is 0.176. The summed E-state index contributed by atoms with van der Waals surface area (Å²) in [7, 11) is 1.87. The number of hydrogen-bond donors (Lipinski definition) is 2. The van der Waals surface area contributed by atoms with Crippen LogP contribution in [0.5, 0.6) is 0 Å². The van der Waals surface area contributed by atoms with Crippen LogP contribution in [0, 0.1) is 0 Å². The second-order valence-electron chi connectivity index (χ2n) is 7.43. The lowest BCUT2D eigenvalue weighted by atomic mass is 10.1. The Morgan fingerprint density at radius 1 is 1.06 bits per heavy atom. The molecule has 0 unspecified atom stereocenters. The lowest BCUT2D eigenvalue weighted by Gasteiger charge is -2.10. The normalized spacial score (nSPS) is 11.1. The Morgan fingerprint density at radius 3 is 2.66 bits per heavy atom. The van der Waals surface area contributed by atoms with Gasteiger partial charge in [0.25, 0.3) is 0 Å². The molecule has 0 bridgehead atoms. The van der Waals surface area contributed by atoms with Crippen molar-refractivity contribution in [2.75, 3.05) is 5.32 Å². The fraction of sp³-hybridized carbons (Fsp3) is 0.0870. The monoisotopic (exact) mass is 425 g/mol. The number of aromatic amines is 1. The molecule has 5 aromatic rings. The summed E-state index contributed by atoms with van der Waals surface area (Å²) < 4.78 is 3.54. The summed E-state index contributed by atoms with van der Waals surface area (Å²) in [6.45, 7) is 1.40. The van der Waals surface area contributed by atoms with Gasteiger partial charge in [0, 0.05) is 49.3 Å². The van der Waals surface area contributed by atoms with Crippen molar-refractivity contribution in [2.45, 2.75) is 6.92 Å². The first-order valence-electron chi connectivity index (χ1n) is 9.91. The van der Waals surface area contributed by atoms with Crippen molar-refractivity contribution in [2.24, 2.45) is 7.05 Å². The van der Waals surface area contributed by atoms with E-state index in [0.29, 0.717) is 22.8 Å². The predicted octanol–water partition coefficient (Wildman–Crippen LogP) is 3.34. The van der Waals surface area contributed by atoms with E-state index in [4.69, 9.17) is 0 Å². The Kier molecular flexibility index (Phi) is 4.63. The maximum Gasteiger partial charge on any atom is 0.222 e. The Hall–Kier alpha value is -4.53. The number of fused-ring (bicyclic) bond motifs is 1. The van der Waals surface area contributed by atoms with Gasteiger partial charge in [-0.1, -0.05) is 6.07 Å². The molecule has 2 N–H and O–H groups in total.